The van der Waals surface area contributed by atoms with E-state index in [4.69, 9.17) is 9.78 Å². The van der Waals surface area contributed by atoms with Crippen molar-refractivity contribution in [1.82, 2.24) is 0 Å². The van der Waals surface area contributed by atoms with Gasteiger partial charge in [0, 0.05) is 11.0 Å². The van der Waals surface area contributed by atoms with Crippen molar-refractivity contribution >= 4 is 5.97 Å². The summed E-state index contributed by atoms with van der Waals surface area (Å²) in [7, 11) is 0. The Morgan fingerprint density at radius 3 is 1.91 bits per heavy atom. The van der Waals surface area contributed by atoms with E-state index < -0.39 is 11.6 Å². The molecule has 0 atom stereocenters. The van der Waals surface area contributed by atoms with Crippen molar-refractivity contribution in [2.75, 3.05) is 0 Å². The number of carbonyl (C=O) groups is 1. The highest BCUT2D eigenvalue weighted by Crippen LogP contribution is 2.51. The first-order chi connectivity index (χ1) is 10.3. The minimum Gasteiger partial charge on any atom is -0.292 e. The van der Waals surface area contributed by atoms with Gasteiger partial charge in [0.2, 0.25) is 0 Å². The van der Waals surface area contributed by atoms with Crippen LogP contribution in [0, 0.1) is 5.41 Å². The predicted molar refractivity (Wildman–Crippen MR) is 88.0 cm³/mol. The lowest BCUT2D eigenvalue weighted by atomic mass is 9.67. The molecule has 2 aliphatic carbocycles. The summed E-state index contributed by atoms with van der Waals surface area (Å²) in [4.78, 5) is 23.0. The Kier molecular flexibility index (Phi) is 4.96. The van der Waals surface area contributed by atoms with Gasteiger partial charge in [-0.3, -0.25) is 4.89 Å². The average molecular weight is 304 g/mol. The van der Waals surface area contributed by atoms with E-state index in [1.165, 1.54) is 11.1 Å². The van der Waals surface area contributed by atoms with Crippen LogP contribution in [0.2, 0.25) is 0 Å². The van der Waals surface area contributed by atoms with E-state index in [0.29, 0.717) is 5.57 Å². The van der Waals surface area contributed by atoms with E-state index >= 15 is 0 Å². The van der Waals surface area contributed by atoms with Crippen LogP contribution >= 0.6 is 0 Å². The van der Waals surface area contributed by atoms with Gasteiger partial charge in [-0.2, -0.15) is 4.89 Å². The van der Waals surface area contributed by atoms with E-state index in [1.807, 2.05) is 0 Å². The molecule has 3 heteroatoms. The molecule has 0 aliphatic heterocycles. The third-order valence-electron chi connectivity index (χ3n) is 4.63. The molecule has 0 aromatic rings. The number of allylic oxidation sites excluding steroid dienone is 2. The van der Waals surface area contributed by atoms with Gasteiger partial charge in [0.05, 0.1) is 0 Å². The summed E-state index contributed by atoms with van der Waals surface area (Å²) in [5, 5.41) is 0. The van der Waals surface area contributed by atoms with Crippen molar-refractivity contribution in [1.29, 1.82) is 0 Å². The highest BCUT2D eigenvalue weighted by molar-refractivity contribution is 5.86. The second kappa shape index (κ2) is 6.41. The molecule has 0 fully saturated rings. The van der Waals surface area contributed by atoms with Crippen LogP contribution in [0.25, 0.3) is 0 Å². The Hall–Kier alpha value is -1.35. The fourth-order valence-electron chi connectivity index (χ4n) is 3.55. The molecule has 0 N–H and O–H groups in total. The van der Waals surface area contributed by atoms with Crippen LogP contribution in [0.3, 0.4) is 0 Å². The number of carbonyl (C=O) groups excluding carboxylic acids is 1. The topological polar surface area (TPSA) is 35.5 Å². The first kappa shape index (κ1) is 17.0. The van der Waals surface area contributed by atoms with E-state index in [1.54, 1.807) is 6.92 Å². The predicted octanol–water partition coefficient (Wildman–Crippen LogP) is 5.04. The fraction of sp³-hybridized carbons (Fsp3) is 0.632. The molecule has 0 saturated heterocycles. The van der Waals surface area contributed by atoms with Crippen molar-refractivity contribution in [3.63, 3.8) is 0 Å². The molecule has 0 heterocycles. The maximum absolute atomic E-state index is 11.9. The molecule has 0 saturated carbocycles. The van der Waals surface area contributed by atoms with Gasteiger partial charge < -0.3 is 0 Å². The quantitative estimate of drug-likeness (QED) is 0.309. The maximum Gasteiger partial charge on any atom is 0.368 e. The minimum absolute atomic E-state index is 0.200. The lowest BCUT2D eigenvalue weighted by Gasteiger charge is -2.45. The SMILES string of the molecule is C=C(C)C(=O)OOC(C1=CCCC1)(C1=CCCC1)C(C)(C)C. The van der Waals surface area contributed by atoms with Crippen molar-refractivity contribution in [3.8, 4) is 0 Å². The van der Waals surface area contributed by atoms with E-state index in [2.05, 4.69) is 39.5 Å². The molecule has 0 aromatic carbocycles. The van der Waals surface area contributed by atoms with Crippen LogP contribution in [-0.4, -0.2) is 11.6 Å². The lowest BCUT2D eigenvalue weighted by molar-refractivity contribution is -0.331. The smallest absolute Gasteiger partial charge is 0.292 e. The number of hydrogen-bond acceptors (Lipinski definition) is 3. The fourth-order valence-corrected chi connectivity index (χ4v) is 3.55. The van der Waals surface area contributed by atoms with Crippen molar-refractivity contribution < 1.29 is 14.6 Å². The Balaban J connectivity index is 2.41. The molecule has 2 aliphatic rings. The molecular weight excluding hydrogens is 276 g/mol. The largest absolute Gasteiger partial charge is 0.368 e. The summed E-state index contributed by atoms with van der Waals surface area (Å²) in [6.45, 7) is 11.7. The molecule has 0 amide bonds. The standard InChI is InChI=1S/C19H28O3/c1-14(2)17(20)21-22-19(18(3,4)5,15-10-6-7-11-15)16-12-8-9-13-16/h10,12H,1,6-9,11,13H2,2-5H3. The van der Waals surface area contributed by atoms with Crippen LogP contribution in [0.1, 0.15) is 66.2 Å². The summed E-state index contributed by atoms with van der Waals surface area (Å²) < 4.78 is 0. The minimum atomic E-state index is -0.648. The highest BCUT2D eigenvalue weighted by Gasteiger charge is 2.52. The first-order valence-electron chi connectivity index (χ1n) is 8.23. The van der Waals surface area contributed by atoms with Gasteiger partial charge in [0.1, 0.15) is 0 Å². The zero-order chi connectivity index (χ0) is 16.4. The van der Waals surface area contributed by atoms with Gasteiger partial charge >= 0.3 is 5.97 Å². The molecule has 0 bridgehead atoms. The second-order valence-corrected chi connectivity index (χ2v) is 7.41. The third-order valence-corrected chi connectivity index (χ3v) is 4.63. The summed E-state index contributed by atoms with van der Waals surface area (Å²) in [6.07, 6.45) is 10.9. The summed E-state index contributed by atoms with van der Waals surface area (Å²) >= 11 is 0. The van der Waals surface area contributed by atoms with Crippen LogP contribution in [0.15, 0.2) is 35.5 Å². The third kappa shape index (κ3) is 3.05. The van der Waals surface area contributed by atoms with E-state index in [9.17, 15) is 4.79 Å². The molecule has 3 nitrogen and oxygen atoms in total. The van der Waals surface area contributed by atoms with Crippen LogP contribution in [-0.2, 0) is 14.6 Å². The van der Waals surface area contributed by atoms with E-state index in [0.717, 1.165) is 38.5 Å². The molecule has 122 valence electrons. The van der Waals surface area contributed by atoms with Crippen LogP contribution in [0.5, 0.6) is 0 Å². The van der Waals surface area contributed by atoms with E-state index in [-0.39, 0.29) is 5.41 Å². The molecular formula is C19H28O3. The Bertz CT molecular complexity index is 493. The Morgan fingerprint density at radius 2 is 1.59 bits per heavy atom. The Labute approximate surface area is 134 Å². The maximum atomic E-state index is 11.9. The van der Waals surface area contributed by atoms with Crippen molar-refractivity contribution in [2.24, 2.45) is 5.41 Å². The van der Waals surface area contributed by atoms with Crippen LogP contribution < -0.4 is 0 Å². The molecule has 0 aromatic heterocycles. The summed E-state index contributed by atoms with van der Waals surface area (Å²) in [6, 6.07) is 0. The van der Waals surface area contributed by atoms with Gasteiger partial charge in [-0.05, 0) is 56.6 Å². The molecule has 2 rings (SSSR count). The molecule has 0 spiro atoms. The second-order valence-electron chi connectivity index (χ2n) is 7.41. The average Bonchev–Trinajstić information content (AvgIpc) is 3.10. The molecule has 22 heavy (non-hydrogen) atoms. The Morgan fingerprint density at radius 1 is 1.09 bits per heavy atom. The monoisotopic (exact) mass is 304 g/mol. The summed E-state index contributed by atoms with van der Waals surface area (Å²) in [5.41, 5.74) is 2.01. The van der Waals surface area contributed by atoms with Gasteiger partial charge in [0.25, 0.3) is 0 Å². The normalized spacial score (nSPS) is 18.9. The number of rotatable bonds is 5. The van der Waals surface area contributed by atoms with Crippen LogP contribution in [0.4, 0.5) is 0 Å². The number of hydrogen-bond donors (Lipinski definition) is 0. The first-order valence-corrected chi connectivity index (χ1v) is 8.23. The zero-order valence-corrected chi connectivity index (χ0v) is 14.3. The van der Waals surface area contributed by atoms with Gasteiger partial charge in [-0.25, -0.2) is 4.79 Å². The van der Waals surface area contributed by atoms with Crippen molar-refractivity contribution in [3.05, 3.63) is 35.5 Å². The zero-order valence-electron chi connectivity index (χ0n) is 14.3. The van der Waals surface area contributed by atoms with Crippen molar-refractivity contribution in [2.45, 2.75) is 71.8 Å². The highest BCUT2D eigenvalue weighted by atomic mass is 17.2. The van der Waals surface area contributed by atoms with Gasteiger partial charge in [-0.1, -0.05) is 39.5 Å². The lowest BCUT2D eigenvalue weighted by Crippen LogP contribution is -2.49. The molecule has 0 unspecified atom stereocenters. The summed E-state index contributed by atoms with van der Waals surface area (Å²) in [5.74, 6) is -0.495. The van der Waals surface area contributed by atoms with Gasteiger partial charge in [-0.15, -0.1) is 0 Å². The van der Waals surface area contributed by atoms with Gasteiger partial charge in [0.15, 0.2) is 5.60 Å². The molecule has 0 radical (unpaired) electrons.